The summed E-state index contributed by atoms with van der Waals surface area (Å²) in [5.41, 5.74) is 4.12. The molecule has 4 rings (SSSR count). The van der Waals surface area contributed by atoms with Crippen molar-refractivity contribution in [3.05, 3.63) is 32.7 Å². The molecule has 0 fully saturated rings. The molecule has 0 radical (unpaired) electrons. The minimum absolute atomic E-state index is 0.0347. The van der Waals surface area contributed by atoms with Crippen LogP contribution in [0.15, 0.2) is 12.1 Å². The Balaban J connectivity index is 1.83. The molecular weight excluding hydrogens is 346 g/mol. The first-order chi connectivity index (χ1) is 11.6. The summed E-state index contributed by atoms with van der Waals surface area (Å²) in [5, 5.41) is 7.00. The number of hydrogen-bond acceptors (Lipinski definition) is 5. The highest BCUT2D eigenvalue weighted by molar-refractivity contribution is 7.15. The Morgan fingerprint density at radius 2 is 2.29 bits per heavy atom. The number of amides is 1. The number of thiophene rings is 1. The summed E-state index contributed by atoms with van der Waals surface area (Å²) in [6.07, 6.45) is 0.879. The molecule has 1 amide bonds. The van der Waals surface area contributed by atoms with E-state index in [1.54, 1.807) is 18.4 Å². The lowest BCUT2D eigenvalue weighted by atomic mass is 9.86. The number of halogens is 1. The molecule has 1 aliphatic carbocycles. The predicted molar refractivity (Wildman–Crippen MR) is 96.3 cm³/mol. The second kappa shape index (κ2) is 6.02. The molecule has 0 bridgehead atoms. The minimum Gasteiger partial charge on any atom is -0.382 e. The third-order valence-corrected chi connectivity index (χ3v) is 5.96. The Kier molecular flexibility index (Phi) is 3.98. The summed E-state index contributed by atoms with van der Waals surface area (Å²) in [6, 6.07) is 3.79. The van der Waals surface area contributed by atoms with E-state index < -0.39 is 0 Å². The van der Waals surface area contributed by atoms with Gasteiger partial charge in [0.1, 0.15) is 10.0 Å². The lowest BCUT2D eigenvalue weighted by Gasteiger charge is -2.23. The van der Waals surface area contributed by atoms with Gasteiger partial charge in [0.2, 0.25) is 0 Å². The molecule has 2 atom stereocenters. The van der Waals surface area contributed by atoms with E-state index in [0.717, 1.165) is 33.8 Å². The molecule has 3 heterocycles. The van der Waals surface area contributed by atoms with Crippen LogP contribution in [0.5, 0.6) is 0 Å². The number of fused-ring (bicyclic) bond motifs is 5. The van der Waals surface area contributed by atoms with Crippen molar-refractivity contribution in [2.45, 2.75) is 25.3 Å². The van der Waals surface area contributed by atoms with E-state index in [-0.39, 0.29) is 17.9 Å². The second-order valence-corrected chi connectivity index (χ2v) is 7.78. The first-order valence-corrected chi connectivity index (χ1v) is 9.14. The largest absolute Gasteiger partial charge is 0.382 e. The number of anilines is 1. The van der Waals surface area contributed by atoms with Crippen molar-refractivity contribution in [3.8, 4) is 11.1 Å². The fourth-order valence-corrected chi connectivity index (χ4v) is 4.95. The monoisotopic (exact) mass is 363 g/mol. The van der Waals surface area contributed by atoms with E-state index in [0.29, 0.717) is 18.3 Å². The topological polar surface area (TPSA) is 63.2 Å². The normalized spacial score (nSPS) is 21.9. The number of carbonyl (C=O) groups excluding carboxylic acids is 1. The lowest BCUT2D eigenvalue weighted by Crippen LogP contribution is -2.40. The molecular formula is C17H18ClN3O2S. The van der Waals surface area contributed by atoms with Crippen LogP contribution in [-0.4, -0.2) is 37.2 Å². The van der Waals surface area contributed by atoms with Gasteiger partial charge in [0.05, 0.1) is 24.0 Å². The van der Waals surface area contributed by atoms with Crippen LogP contribution in [0.4, 0.5) is 5.69 Å². The molecule has 2 aromatic heterocycles. The molecule has 0 saturated carbocycles. The van der Waals surface area contributed by atoms with Gasteiger partial charge in [0, 0.05) is 35.6 Å². The summed E-state index contributed by atoms with van der Waals surface area (Å²) in [4.78, 5) is 19.1. The summed E-state index contributed by atoms with van der Waals surface area (Å²) < 4.78 is 5.18. The van der Waals surface area contributed by atoms with Gasteiger partial charge < -0.3 is 15.4 Å². The Morgan fingerprint density at radius 1 is 1.46 bits per heavy atom. The fraction of sp³-hybridized carbons (Fsp3) is 0.412. The van der Waals surface area contributed by atoms with Crippen LogP contribution < -0.4 is 10.6 Å². The van der Waals surface area contributed by atoms with Crippen LogP contribution in [0, 0.1) is 0 Å². The summed E-state index contributed by atoms with van der Waals surface area (Å²) in [6.45, 7) is 3.28. The number of ether oxygens (including phenoxy) is 1. The van der Waals surface area contributed by atoms with E-state index >= 15 is 0 Å². The zero-order valence-electron chi connectivity index (χ0n) is 13.5. The highest BCUT2D eigenvalue weighted by Gasteiger charge is 2.33. The number of aromatic nitrogens is 1. The van der Waals surface area contributed by atoms with Crippen LogP contribution in [0.25, 0.3) is 11.1 Å². The number of nitrogens with zero attached hydrogens (tertiary/aromatic N) is 1. The number of carbonyl (C=O) groups is 1. The molecule has 5 nitrogen and oxygen atoms in total. The molecule has 2 N–H and O–H groups in total. The van der Waals surface area contributed by atoms with E-state index in [1.165, 1.54) is 4.88 Å². The van der Waals surface area contributed by atoms with Crippen molar-refractivity contribution < 1.29 is 9.53 Å². The Bertz CT molecular complexity index is 820. The van der Waals surface area contributed by atoms with Gasteiger partial charge in [-0.05, 0) is 18.6 Å². The van der Waals surface area contributed by atoms with E-state index in [2.05, 4.69) is 22.5 Å². The molecule has 2 aliphatic rings. The molecule has 2 aromatic rings. The second-order valence-electron chi connectivity index (χ2n) is 6.28. The summed E-state index contributed by atoms with van der Waals surface area (Å²) >= 11 is 7.66. The van der Waals surface area contributed by atoms with Gasteiger partial charge in [0.15, 0.2) is 0 Å². The standard InChI is InChI=1S/C17H18ClN3O2S/c1-8-5-11-13(10-3-4-12(18)21-14(8)10)15-16(24-11)17(22)20-9(6-19-15)7-23-2/h3-4,8-9,19H,5-7H2,1-2H3,(H,20,22)/t8?,9-/m0/s1. The van der Waals surface area contributed by atoms with Crippen molar-refractivity contribution in [1.82, 2.24) is 10.3 Å². The highest BCUT2D eigenvalue weighted by Crippen LogP contribution is 2.49. The molecule has 0 saturated heterocycles. The number of rotatable bonds is 2. The van der Waals surface area contributed by atoms with E-state index in [1.807, 2.05) is 12.1 Å². The maximum Gasteiger partial charge on any atom is 0.263 e. The van der Waals surface area contributed by atoms with Crippen LogP contribution >= 0.6 is 22.9 Å². The van der Waals surface area contributed by atoms with Crippen molar-refractivity contribution in [3.63, 3.8) is 0 Å². The van der Waals surface area contributed by atoms with Crippen molar-refractivity contribution >= 4 is 34.5 Å². The summed E-state index contributed by atoms with van der Waals surface area (Å²) in [5.74, 6) is 0.255. The van der Waals surface area contributed by atoms with Gasteiger partial charge in [-0.2, -0.15) is 0 Å². The van der Waals surface area contributed by atoms with Crippen LogP contribution in [-0.2, 0) is 11.2 Å². The molecule has 7 heteroatoms. The van der Waals surface area contributed by atoms with Crippen molar-refractivity contribution in [2.75, 3.05) is 25.6 Å². The minimum atomic E-state index is -0.0388. The molecule has 24 heavy (non-hydrogen) atoms. The predicted octanol–water partition coefficient (Wildman–Crippen LogP) is 3.29. The zero-order chi connectivity index (χ0) is 16.8. The van der Waals surface area contributed by atoms with Crippen molar-refractivity contribution in [1.29, 1.82) is 0 Å². The van der Waals surface area contributed by atoms with Crippen LogP contribution in [0.2, 0.25) is 5.15 Å². The number of nitrogens with one attached hydrogen (secondary N) is 2. The Labute approximate surface area is 149 Å². The first kappa shape index (κ1) is 15.9. The SMILES string of the molecule is COC[C@@H]1CNc2c(sc3c2-c2ccc(Cl)nc2C(C)C3)C(=O)N1. The average molecular weight is 364 g/mol. The van der Waals surface area contributed by atoms with E-state index in [9.17, 15) is 4.79 Å². The maximum absolute atomic E-state index is 12.6. The zero-order valence-corrected chi connectivity index (χ0v) is 15.1. The third kappa shape index (κ3) is 2.49. The van der Waals surface area contributed by atoms with Gasteiger partial charge >= 0.3 is 0 Å². The average Bonchev–Trinajstić information content (AvgIpc) is 2.84. The molecule has 1 unspecified atom stereocenters. The van der Waals surface area contributed by atoms with Crippen LogP contribution in [0.3, 0.4) is 0 Å². The summed E-state index contributed by atoms with van der Waals surface area (Å²) in [7, 11) is 1.64. The number of methoxy groups -OCH3 is 1. The van der Waals surface area contributed by atoms with Crippen LogP contribution in [0.1, 0.15) is 33.1 Å². The Hall–Kier alpha value is -1.63. The first-order valence-electron chi connectivity index (χ1n) is 7.94. The molecule has 1 aliphatic heterocycles. The lowest BCUT2D eigenvalue weighted by molar-refractivity contribution is 0.0911. The molecule has 126 valence electrons. The van der Waals surface area contributed by atoms with Crippen molar-refractivity contribution in [2.24, 2.45) is 0 Å². The molecule has 0 aromatic carbocycles. The number of hydrogen-bond donors (Lipinski definition) is 2. The third-order valence-electron chi connectivity index (χ3n) is 4.53. The van der Waals surface area contributed by atoms with Gasteiger partial charge in [-0.25, -0.2) is 4.98 Å². The van der Waals surface area contributed by atoms with E-state index in [4.69, 9.17) is 16.3 Å². The molecule has 0 spiro atoms. The van der Waals surface area contributed by atoms with Gasteiger partial charge in [-0.1, -0.05) is 18.5 Å². The number of pyridine rings is 1. The maximum atomic E-state index is 12.6. The Morgan fingerprint density at radius 3 is 3.08 bits per heavy atom. The van der Waals surface area contributed by atoms with Gasteiger partial charge in [-0.3, -0.25) is 4.79 Å². The fourth-order valence-electron chi connectivity index (χ4n) is 3.48. The highest BCUT2D eigenvalue weighted by atomic mass is 35.5. The smallest absolute Gasteiger partial charge is 0.263 e. The quantitative estimate of drug-likeness (QED) is 0.804. The van der Waals surface area contributed by atoms with Gasteiger partial charge in [0.25, 0.3) is 5.91 Å². The van der Waals surface area contributed by atoms with Gasteiger partial charge in [-0.15, -0.1) is 11.3 Å².